The molecule has 0 saturated heterocycles. The van der Waals surface area contributed by atoms with Crippen molar-refractivity contribution in [2.45, 2.75) is 26.9 Å². The third-order valence-electron chi connectivity index (χ3n) is 2.08. The van der Waals surface area contributed by atoms with Crippen LogP contribution in [0.2, 0.25) is 0 Å². The summed E-state index contributed by atoms with van der Waals surface area (Å²) in [7, 11) is 0. The van der Waals surface area contributed by atoms with Gasteiger partial charge in [0.2, 0.25) is 0 Å². The van der Waals surface area contributed by atoms with Crippen LogP contribution in [0.15, 0.2) is 18.2 Å². The highest BCUT2D eigenvalue weighted by Crippen LogP contribution is 2.22. The van der Waals surface area contributed by atoms with Crippen molar-refractivity contribution < 1.29 is 9.84 Å². The van der Waals surface area contributed by atoms with E-state index in [1.165, 1.54) is 0 Å². The van der Waals surface area contributed by atoms with E-state index >= 15 is 0 Å². The number of phenolic OH excluding ortho intramolecular Hbond substituents is 1. The Kier molecular flexibility index (Phi) is 3.77. The molecule has 0 amide bonds. The number of phenols is 1. The summed E-state index contributed by atoms with van der Waals surface area (Å²) in [4.78, 5) is 0. The van der Waals surface area contributed by atoms with Crippen molar-refractivity contribution in [2.24, 2.45) is 0 Å². The molecule has 2 heteroatoms. The molecule has 1 aromatic rings. The highest BCUT2D eigenvalue weighted by atomic mass is 16.5. The van der Waals surface area contributed by atoms with E-state index < -0.39 is 0 Å². The first-order chi connectivity index (χ1) is 6.29. The van der Waals surface area contributed by atoms with Crippen LogP contribution in [-0.2, 0) is 17.8 Å². The molecule has 0 saturated carbocycles. The predicted octanol–water partition coefficient (Wildman–Crippen LogP) is 2.49. The third kappa shape index (κ3) is 2.46. The quantitative estimate of drug-likeness (QED) is 0.771. The van der Waals surface area contributed by atoms with Gasteiger partial charge in [-0.2, -0.15) is 0 Å². The van der Waals surface area contributed by atoms with Crippen LogP contribution in [0.4, 0.5) is 0 Å². The molecule has 0 aliphatic rings. The molecule has 0 heterocycles. The van der Waals surface area contributed by atoms with Crippen LogP contribution < -0.4 is 0 Å². The summed E-state index contributed by atoms with van der Waals surface area (Å²) in [6.07, 6.45) is 0.927. The lowest BCUT2D eigenvalue weighted by Crippen LogP contribution is -1.97. The standard InChI is InChI=1S/C11H16O2/c1-3-9-6-5-7-11(12)10(9)8-13-4-2/h5-7,12H,3-4,8H2,1-2H3. The Morgan fingerprint density at radius 2 is 2.08 bits per heavy atom. The Morgan fingerprint density at radius 3 is 2.69 bits per heavy atom. The molecule has 0 aliphatic carbocycles. The fraction of sp³-hybridized carbons (Fsp3) is 0.455. The van der Waals surface area contributed by atoms with E-state index in [2.05, 4.69) is 6.92 Å². The Bertz CT molecular complexity index is 269. The van der Waals surface area contributed by atoms with E-state index in [0.29, 0.717) is 19.0 Å². The Balaban J connectivity index is 2.87. The molecule has 0 spiro atoms. The number of hydrogen-bond donors (Lipinski definition) is 1. The Hall–Kier alpha value is -1.02. The third-order valence-corrected chi connectivity index (χ3v) is 2.08. The summed E-state index contributed by atoms with van der Waals surface area (Å²) in [5, 5.41) is 9.57. The minimum Gasteiger partial charge on any atom is -0.508 e. The van der Waals surface area contributed by atoms with Crippen LogP contribution >= 0.6 is 0 Å². The van der Waals surface area contributed by atoms with Gasteiger partial charge in [-0.3, -0.25) is 0 Å². The van der Waals surface area contributed by atoms with E-state index in [1.54, 1.807) is 6.07 Å². The van der Waals surface area contributed by atoms with E-state index in [1.807, 2.05) is 19.1 Å². The summed E-state index contributed by atoms with van der Waals surface area (Å²) in [5.74, 6) is 0.341. The van der Waals surface area contributed by atoms with E-state index in [9.17, 15) is 5.11 Å². The van der Waals surface area contributed by atoms with Crippen LogP contribution in [0.5, 0.6) is 5.75 Å². The van der Waals surface area contributed by atoms with Crippen LogP contribution in [0.1, 0.15) is 25.0 Å². The first-order valence-electron chi connectivity index (χ1n) is 4.67. The van der Waals surface area contributed by atoms with Gasteiger partial charge in [0.1, 0.15) is 5.75 Å². The molecule has 0 aliphatic heterocycles. The fourth-order valence-corrected chi connectivity index (χ4v) is 1.32. The van der Waals surface area contributed by atoms with Gasteiger partial charge < -0.3 is 9.84 Å². The highest BCUT2D eigenvalue weighted by Gasteiger charge is 2.05. The van der Waals surface area contributed by atoms with Crippen molar-refractivity contribution in [1.82, 2.24) is 0 Å². The molecule has 0 unspecified atom stereocenters. The van der Waals surface area contributed by atoms with Crippen LogP contribution in [-0.4, -0.2) is 11.7 Å². The highest BCUT2D eigenvalue weighted by molar-refractivity contribution is 5.38. The lowest BCUT2D eigenvalue weighted by atomic mass is 10.1. The van der Waals surface area contributed by atoms with Gasteiger partial charge in [0.05, 0.1) is 6.61 Å². The van der Waals surface area contributed by atoms with Gasteiger partial charge in [-0.15, -0.1) is 0 Å². The summed E-state index contributed by atoms with van der Waals surface area (Å²) < 4.78 is 5.28. The minimum atomic E-state index is 0.341. The molecule has 1 N–H and O–H groups in total. The zero-order valence-corrected chi connectivity index (χ0v) is 8.21. The fourth-order valence-electron chi connectivity index (χ4n) is 1.32. The molecule has 0 aromatic heterocycles. The summed E-state index contributed by atoms with van der Waals surface area (Å²) >= 11 is 0. The second kappa shape index (κ2) is 4.87. The molecule has 0 radical (unpaired) electrons. The molecule has 2 nitrogen and oxygen atoms in total. The van der Waals surface area contributed by atoms with Crippen LogP contribution in [0.25, 0.3) is 0 Å². The van der Waals surface area contributed by atoms with Crippen LogP contribution in [0.3, 0.4) is 0 Å². The zero-order valence-electron chi connectivity index (χ0n) is 8.21. The van der Waals surface area contributed by atoms with E-state index in [4.69, 9.17) is 4.74 Å². The number of rotatable bonds is 4. The maximum Gasteiger partial charge on any atom is 0.121 e. The normalized spacial score (nSPS) is 10.3. The van der Waals surface area contributed by atoms with Crippen molar-refractivity contribution >= 4 is 0 Å². The Morgan fingerprint density at radius 1 is 1.31 bits per heavy atom. The summed E-state index contributed by atoms with van der Waals surface area (Å²) in [5.41, 5.74) is 2.08. The molecule has 1 rings (SSSR count). The molecule has 0 fully saturated rings. The van der Waals surface area contributed by atoms with Gasteiger partial charge in [-0.05, 0) is 25.0 Å². The summed E-state index contributed by atoms with van der Waals surface area (Å²) in [6, 6.07) is 5.59. The molecular formula is C11H16O2. The Labute approximate surface area is 79.2 Å². The SMILES string of the molecule is CCOCc1c(O)cccc1CC. The van der Waals surface area contributed by atoms with Crippen molar-refractivity contribution in [3.05, 3.63) is 29.3 Å². The molecule has 13 heavy (non-hydrogen) atoms. The molecule has 0 bridgehead atoms. The summed E-state index contributed by atoms with van der Waals surface area (Å²) in [6.45, 7) is 5.21. The number of aryl methyl sites for hydroxylation is 1. The van der Waals surface area contributed by atoms with Crippen molar-refractivity contribution in [3.8, 4) is 5.75 Å². The number of benzene rings is 1. The van der Waals surface area contributed by atoms with Gasteiger partial charge in [-0.25, -0.2) is 0 Å². The molecule has 1 aromatic carbocycles. The van der Waals surface area contributed by atoms with Gasteiger partial charge >= 0.3 is 0 Å². The molecular weight excluding hydrogens is 164 g/mol. The molecule has 0 atom stereocenters. The average Bonchev–Trinajstić information content (AvgIpc) is 2.15. The maximum absolute atomic E-state index is 9.57. The number of ether oxygens (including phenoxy) is 1. The van der Waals surface area contributed by atoms with Crippen molar-refractivity contribution in [2.75, 3.05) is 6.61 Å². The zero-order chi connectivity index (χ0) is 9.68. The van der Waals surface area contributed by atoms with E-state index in [-0.39, 0.29) is 0 Å². The van der Waals surface area contributed by atoms with Crippen molar-refractivity contribution in [3.63, 3.8) is 0 Å². The first kappa shape index (κ1) is 10.1. The van der Waals surface area contributed by atoms with E-state index in [0.717, 1.165) is 17.5 Å². The largest absolute Gasteiger partial charge is 0.508 e. The van der Waals surface area contributed by atoms with Crippen LogP contribution in [0, 0.1) is 0 Å². The average molecular weight is 180 g/mol. The maximum atomic E-state index is 9.57. The van der Waals surface area contributed by atoms with Gasteiger partial charge in [0.25, 0.3) is 0 Å². The minimum absolute atomic E-state index is 0.341. The van der Waals surface area contributed by atoms with Gasteiger partial charge in [-0.1, -0.05) is 19.1 Å². The lowest BCUT2D eigenvalue weighted by molar-refractivity contribution is 0.131. The number of aromatic hydroxyl groups is 1. The van der Waals surface area contributed by atoms with Crippen molar-refractivity contribution in [1.29, 1.82) is 0 Å². The molecule has 72 valence electrons. The topological polar surface area (TPSA) is 29.5 Å². The second-order valence-electron chi connectivity index (χ2n) is 2.91. The number of hydrogen-bond acceptors (Lipinski definition) is 2. The second-order valence-corrected chi connectivity index (χ2v) is 2.91. The predicted molar refractivity (Wildman–Crippen MR) is 52.8 cm³/mol. The van der Waals surface area contributed by atoms with Gasteiger partial charge in [0, 0.05) is 12.2 Å². The smallest absolute Gasteiger partial charge is 0.121 e. The van der Waals surface area contributed by atoms with Gasteiger partial charge in [0.15, 0.2) is 0 Å². The monoisotopic (exact) mass is 180 g/mol. The first-order valence-corrected chi connectivity index (χ1v) is 4.67. The lowest BCUT2D eigenvalue weighted by Gasteiger charge is -2.09.